The predicted octanol–water partition coefficient (Wildman–Crippen LogP) is 2.43. The number of nitrogens with zero attached hydrogens (tertiary/aromatic N) is 7. The molecule has 28 heavy (non-hydrogen) atoms. The normalized spacial score (nSPS) is 15.2. The van der Waals surface area contributed by atoms with E-state index in [1.807, 2.05) is 12.4 Å². The number of hydrogen-bond donors (Lipinski definition) is 1. The highest BCUT2D eigenvalue weighted by Crippen LogP contribution is 2.26. The number of rotatable bonds is 4. The molecule has 4 heterocycles. The van der Waals surface area contributed by atoms with Crippen molar-refractivity contribution in [1.29, 1.82) is 0 Å². The van der Waals surface area contributed by atoms with Gasteiger partial charge in [-0.1, -0.05) is 12.1 Å². The Morgan fingerprint density at radius 1 is 1.18 bits per heavy atom. The molecular weight excluding hydrogens is 352 g/mol. The second-order valence-corrected chi connectivity index (χ2v) is 7.04. The summed E-state index contributed by atoms with van der Waals surface area (Å²) in [5.41, 5.74) is 4.33. The maximum atomic E-state index is 4.81. The third kappa shape index (κ3) is 3.01. The summed E-state index contributed by atoms with van der Waals surface area (Å²) in [6.07, 6.45) is 8.20. The molecule has 0 aliphatic carbocycles. The van der Waals surface area contributed by atoms with Gasteiger partial charge >= 0.3 is 0 Å². The zero-order valence-electron chi connectivity index (χ0n) is 15.7. The van der Waals surface area contributed by atoms with Crippen molar-refractivity contribution >= 4 is 0 Å². The molecule has 0 bridgehead atoms. The van der Waals surface area contributed by atoms with Gasteiger partial charge in [0, 0.05) is 25.5 Å². The molecule has 0 saturated carbocycles. The van der Waals surface area contributed by atoms with Crippen molar-refractivity contribution in [2.45, 2.75) is 32.5 Å². The fourth-order valence-corrected chi connectivity index (χ4v) is 3.70. The highest BCUT2D eigenvalue weighted by atomic mass is 15.3. The third-order valence-corrected chi connectivity index (χ3v) is 5.27. The van der Waals surface area contributed by atoms with Crippen molar-refractivity contribution < 1.29 is 0 Å². The fraction of sp³-hybridized carbons (Fsp3) is 0.300. The van der Waals surface area contributed by atoms with E-state index in [0.29, 0.717) is 0 Å². The lowest BCUT2D eigenvalue weighted by molar-refractivity contribution is 0.585. The predicted molar refractivity (Wildman–Crippen MR) is 105 cm³/mol. The molecule has 0 spiro atoms. The van der Waals surface area contributed by atoms with Gasteiger partial charge in [-0.2, -0.15) is 10.2 Å². The van der Waals surface area contributed by atoms with Gasteiger partial charge in [0.25, 0.3) is 0 Å². The Labute approximate surface area is 162 Å². The first kappa shape index (κ1) is 16.9. The van der Waals surface area contributed by atoms with E-state index < -0.39 is 0 Å². The standard InChI is InChI=1S/C20H22N8/c1-15(16-3-5-17(6-4-16)28-14-22-13-24-28)26-10-8-23-20(26)19-11-18-12-21-7-2-9-27(18)25-19/h3-6,8,10-11,13-15,21H,2,7,9,12H2,1H3/t15-/m1/s1. The largest absolute Gasteiger partial charge is 0.322 e. The zero-order chi connectivity index (χ0) is 18.9. The Kier molecular flexibility index (Phi) is 4.25. The molecule has 5 rings (SSSR count). The van der Waals surface area contributed by atoms with Gasteiger partial charge in [-0.3, -0.25) is 4.68 Å². The number of hydrogen-bond acceptors (Lipinski definition) is 5. The van der Waals surface area contributed by atoms with Crippen molar-refractivity contribution in [2.24, 2.45) is 0 Å². The summed E-state index contributed by atoms with van der Waals surface area (Å²) in [6, 6.07) is 10.7. The SMILES string of the molecule is C[C@H](c1ccc(-n2cncn2)cc1)n1ccnc1-c1cc2n(n1)CCCNC2. The smallest absolute Gasteiger partial charge is 0.161 e. The monoisotopic (exact) mass is 374 g/mol. The summed E-state index contributed by atoms with van der Waals surface area (Å²) in [5, 5.41) is 12.4. The summed E-state index contributed by atoms with van der Waals surface area (Å²) >= 11 is 0. The lowest BCUT2D eigenvalue weighted by atomic mass is 10.1. The Bertz CT molecular complexity index is 1030. The van der Waals surface area contributed by atoms with Crippen LogP contribution in [0.2, 0.25) is 0 Å². The van der Waals surface area contributed by atoms with Crippen LogP contribution in [0.5, 0.6) is 0 Å². The Balaban J connectivity index is 1.44. The molecule has 3 aromatic heterocycles. The molecule has 1 aliphatic heterocycles. The summed E-state index contributed by atoms with van der Waals surface area (Å²) < 4.78 is 6.04. The zero-order valence-corrected chi connectivity index (χ0v) is 15.7. The first-order valence-electron chi connectivity index (χ1n) is 9.55. The molecule has 8 nitrogen and oxygen atoms in total. The van der Waals surface area contributed by atoms with Crippen LogP contribution in [-0.4, -0.2) is 40.6 Å². The fourth-order valence-electron chi connectivity index (χ4n) is 3.70. The molecule has 4 aromatic rings. The molecule has 0 saturated heterocycles. The van der Waals surface area contributed by atoms with E-state index in [1.165, 1.54) is 17.6 Å². The van der Waals surface area contributed by atoms with Gasteiger partial charge in [-0.25, -0.2) is 14.6 Å². The molecule has 1 aliphatic rings. The molecule has 0 amide bonds. The van der Waals surface area contributed by atoms with Crippen LogP contribution in [0.4, 0.5) is 0 Å². The molecule has 142 valence electrons. The van der Waals surface area contributed by atoms with Crippen LogP contribution in [-0.2, 0) is 13.1 Å². The number of aromatic nitrogens is 7. The van der Waals surface area contributed by atoms with E-state index >= 15 is 0 Å². The van der Waals surface area contributed by atoms with Gasteiger partial charge < -0.3 is 9.88 Å². The summed E-state index contributed by atoms with van der Waals surface area (Å²) in [4.78, 5) is 8.60. The molecule has 1 atom stereocenters. The maximum Gasteiger partial charge on any atom is 0.161 e. The quantitative estimate of drug-likeness (QED) is 0.594. The van der Waals surface area contributed by atoms with E-state index in [-0.39, 0.29) is 6.04 Å². The van der Waals surface area contributed by atoms with Gasteiger partial charge in [0.2, 0.25) is 0 Å². The van der Waals surface area contributed by atoms with Crippen LogP contribution in [0.25, 0.3) is 17.2 Å². The van der Waals surface area contributed by atoms with E-state index in [9.17, 15) is 0 Å². The van der Waals surface area contributed by atoms with Crippen molar-refractivity contribution in [3.05, 3.63) is 66.6 Å². The molecular formula is C20H22N8. The van der Waals surface area contributed by atoms with Gasteiger partial charge in [0.05, 0.1) is 17.4 Å². The minimum atomic E-state index is 0.141. The van der Waals surface area contributed by atoms with E-state index in [1.54, 1.807) is 11.0 Å². The Morgan fingerprint density at radius 3 is 2.89 bits per heavy atom. The minimum Gasteiger partial charge on any atom is -0.322 e. The van der Waals surface area contributed by atoms with Crippen LogP contribution in [0.3, 0.4) is 0 Å². The summed E-state index contributed by atoms with van der Waals surface area (Å²) in [5.74, 6) is 0.897. The number of benzene rings is 1. The van der Waals surface area contributed by atoms with Crippen molar-refractivity contribution in [3.63, 3.8) is 0 Å². The third-order valence-electron chi connectivity index (χ3n) is 5.27. The van der Waals surface area contributed by atoms with Gasteiger partial charge in [-0.05, 0) is 43.7 Å². The van der Waals surface area contributed by atoms with Gasteiger partial charge in [0.15, 0.2) is 5.82 Å². The van der Waals surface area contributed by atoms with Crippen molar-refractivity contribution in [1.82, 2.24) is 39.4 Å². The Morgan fingerprint density at radius 2 is 2.07 bits per heavy atom. The average Bonchev–Trinajstić information content (AvgIpc) is 3.47. The van der Waals surface area contributed by atoms with Gasteiger partial charge in [-0.15, -0.1) is 0 Å². The lowest BCUT2D eigenvalue weighted by Gasteiger charge is -2.16. The molecule has 0 fully saturated rings. The summed E-state index contributed by atoms with van der Waals surface area (Å²) in [7, 11) is 0. The van der Waals surface area contributed by atoms with E-state index in [4.69, 9.17) is 5.10 Å². The first-order valence-corrected chi connectivity index (χ1v) is 9.55. The van der Waals surface area contributed by atoms with Crippen LogP contribution in [0.15, 0.2) is 55.4 Å². The first-order chi connectivity index (χ1) is 13.8. The number of fused-ring (bicyclic) bond motifs is 1. The highest BCUT2D eigenvalue weighted by molar-refractivity contribution is 5.51. The minimum absolute atomic E-state index is 0.141. The average molecular weight is 374 g/mol. The lowest BCUT2D eigenvalue weighted by Crippen LogP contribution is -2.11. The highest BCUT2D eigenvalue weighted by Gasteiger charge is 2.18. The maximum absolute atomic E-state index is 4.81. The summed E-state index contributed by atoms with van der Waals surface area (Å²) in [6.45, 7) is 5.02. The molecule has 1 N–H and O–H groups in total. The van der Waals surface area contributed by atoms with Crippen LogP contribution >= 0.6 is 0 Å². The van der Waals surface area contributed by atoms with E-state index in [0.717, 1.165) is 43.3 Å². The number of aryl methyl sites for hydroxylation is 1. The number of imidazole rings is 1. The van der Waals surface area contributed by atoms with Gasteiger partial charge in [0.1, 0.15) is 18.3 Å². The second-order valence-electron chi connectivity index (χ2n) is 7.04. The Hall–Kier alpha value is -3.26. The van der Waals surface area contributed by atoms with Crippen molar-refractivity contribution in [3.8, 4) is 17.2 Å². The molecule has 0 unspecified atom stereocenters. The van der Waals surface area contributed by atoms with Crippen LogP contribution < -0.4 is 5.32 Å². The second kappa shape index (κ2) is 7.05. The number of nitrogens with one attached hydrogen (secondary N) is 1. The van der Waals surface area contributed by atoms with Crippen LogP contribution in [0, 0.1) is 0 Å². The van der Waals surface area contributed by atoms with E-state index in [2.05, 4.69) is 66.9 Å². The molecule has 8 heteroatoms. The topological polar surface area (TPSA) is 78.4 Å². The van der Waals surface area contributed by atoms with Crippen molar-refractivity contribution in [2.75, 3.05) is 6.54 Å². The van der Waals surface area contributed by atoms with Crippen LogP contribution in [0.1, 0.15) is 30.6 Å². The molecule has 0 radical (unpaired) electrons. The molecule has 1 aromatic carbocycles.